The van der Waals surface area contributed by atoms with Crippen LogP contribution in [0.4, 0.5) is 10.1 Å². The minimum absolute atomic E-state index is 0.0584. The molecule has 0 spiro atoms. The number of nitrogens with zero attached hydrogens (tertiary/aromatic N) is 1. The summed E-state index contributed by atoms with van der Waals surface area (Å²) in [4.78, 5) is 10.3. The van der Waals surface area contributed by atoms with Crippen LogP contribution >= 0.6 is 0 Å². The number of halogens is 1. The minimum atomic E-state index is -0.577. The quantitative estimate of drug-likeness (QED) is 0.624. The normalized spacial score (nSPS) is 10.2. The first-order valence-electron chi connectivity index (χ1n) is 5.69. The van der Waals surface area contributed by atoms with Crippen molar-refractivity contribution in [2.45, 2.75) is 13.5 Å². The number of ether oxygens (including phenoxy) is 1. The minimum Gasteiger partial charge on any atom is -0.482 e. The van der Waals surface area contributed by atoms with Gasteiger partial charge in [0, 0.05) is 12.1 Å². The van der Waals surface area contributed by atoms with Crippen molar-refractivity contribution in [3.63, 3.8) is 0 Å². The maximum atomic E-state index is 13.4. The average Bonchev–Trinajstić information content (AvgIpc) is 2.40. The van der Waals surface area contributed by atoms with Crippen LogP contribution in [0.25, 0.3) is 0 Å². The summed E-state index contributed by atoms with van der Waals surface area (Å²) < 4.78 is 18.8. The molecular weight excluding hydrogens is 249 g/mol. The summed E-state index contributed by atoms with van der Waals surface area (Å²) in [7, 11) is 0. The van der Waals surface area contributed by atoms with Crippen molar-refractivity contribution in [1.29, 1.82) is 0 Å². The Balaban J connectivity index is 2.24. The fraction of sp³-hybridized carbons (Fsp3) is 0.143. The molecule has 0 heterocycles. The molecule has 2 aromatic carbocycles. The lowest BCUT2D eigenvalue weighted by molar-refractivity contribution is -0.386. The summed E-state index contributed by atoms with van der Waals surface area (Å²) in [5.74, 6) is -0.578. The number of aryl methyl sites for hydroxylation is 1. The maximum absolute atomic E-state index is 13.4. The van der Waals surface area contributed by atoms with Crippen molar-refractivity contribution in [2.24, 2.45) is 0 Å². The molecule has 5 heteroatoms. The molecule has 0 bridgehead atoms. The largest absolute Gasteiger partial charge is 0.482 e. The van der Waals surface area contributed by atoms with Crippen molar-refractivity contribution in [1.82, 2.24) is 0 Å². The van der Waals surface area contributed by atoms with E-state index in [1.807, 2.05) is 30.3 Å². The Bertz CT molecular complexity index is 599. The monoisotopic (exact) mass is 261 g/mol. The Kier molecular flexibility index (Phi) is 3.75. The summed E-state index contributed by atoms with van der Waals surface area (Å²) in [5, 5.41) is 10.9. The fourth-order valence-electron chi connectivity index (χ4n) is 1.64. The highest BCUT2D eigenvalue weighted by molar-refractivity contribution is 5.49. The van der Waals surface area contributed by atoms with Crippen LogP contribution in [0.15, 0.2) is 42.5 Å². The molecule has 0 aliphatic rings. The van der Waals surface area contributed by atoms with Gasteiger partial charge in [-0.3, -0.25) is 10.1 Å². The molecule has 0 fully saturated rings. The molecule has 0 unspecified atom stereocenters. The SMILES string of the molecule is Cc1cc([N+](=O)[O-])c(OCc2ccccc2)cc1F. The molecule has 98 valence electrons. The number of nitro benzene ring substituents is 1. The van der Waals surface area contributed by atoms with Crippen molar-refractivity contribution in [3.05, 3.63) is 69.5 Å². The highest BCUT2D eigenvalue weighted by Gasteiger charge is 2.18. The second-order valence-electron chi connectivity index (χ2n) is 4.10. The Morgan fingerprint density at radius 3 is 2.58 bits per heavy atom. The van der Waals surface area contributed by atoms with Crippen molar-refractivity contribution in [3.8, 4) is 5.75 Å². The van der Waals surface area contributed by atoms with Crippen molar-refractivity contribution >= 4 is 5.69 Å². The molecule has 0 aliphatic carbocycles. The van der Waals surface area contributed by atoms with Gasteiger partial charge in [0.2, 0.25) is 0 Å². The van der Waals surface area contributed by atoms with E-state index in [9.17, 15) is 14.5 Å². The molecule has 0 atom stereocenters. The first kappa shape index (κ1) is 13.0. The molecular formula is C14H12FNO3. The molecule has 0 aromatic heterocycles. The van der Waals surface area contributed by atoms with Gasteiger partial charge in [0.1, 0.15) is 12.4 Å². The third kappa shape index (κ3) is 3.07. The van der Waals surface area contributed by atoms with Gasteiger partial charge in [0.05, 0.1) is 4.92 Å². The van der Waals surface area contributed by atoms with E-state index >= 15 is 0 Å². The lowest BCUT2D eigenvalue weighted by atomic mass is 10.2. The average molecular weight is 261 g/mol. The Morgan fingerprint density at radius 2 is 1.95 bits per heavy atom. The van der Waals surface area contributed by atoms with Crippen molar-refractivity contribution in [2.75, 3.05) is 0 Å². The van der Waals surface area contributed by atoms with Crippen LogP contribution in [0.3, 0.4) is 0 Å². The van der Waals surface area contributed by atoms with Gasteiger partial charge < -0.3 is 4.74 Å². The lowest BCUT2D eigenvalue weighted by Crippen LogP contribution is -2.00. The molecule has 0 aliphatic heterocycles. The van der Waals surface area contributed by atoms with Crippen LogP contribution in [0.2, 0.25) is 0 Å². The van der Waals surface area contributed by atoms with Gasteiger partial charge in [-0.1, -0.05) is 30.3 Å². The number of nitro groups is 1. The molecule has 0 amide bonds. The molecule has 2 aromatic rings. The molecule has 19 heavy (non-hydrogen) atoms. The topological polar surface area (TPSA) is 52.4 Å². The lowest BCUT2D eigenvalue weighted by Gasteiger charge is -2.08. The first-order valence-corrected chi connectivity index (χ1v) is 5.69. The fourth-order valence-corrected chi connectivity index (χ4v) is 1.64. The predicted octanol–water partition coefficient (Wildman–Crippen LogP) is 3.62. The van der Waals surface area contributed by atoms with Crippen LogP contribution in [0, 0.1) is 22.9 Å². The number of hydrogen-bond donors (Lipinski definition) is 0. The predicted molar refractivity (Wildman–Crippen MR) is 68.6 cm³/mol. The molecule has 0 N–H and O–H groups in total. The molecule has 4 nitrogen and oxygen atoms in total. The third-order valence-corrected chi connectivity index (χ3v) is 2.67. The summed E-state index contributed by atoms with van der Waals surface area (Å²) in [6.07, 6.45) is 0. The van der Waals surface area contributed by atoms with Crippen LogP contribution in [-0.2, 0) is 6.61 Å². The van der Waals surface area contributed by atoms with Crippen molar-refractivity contribution < 1.29 is 14.1 Å². The zero-order valence-corrected chi connectivity index (χ0v) is 10.3. The Morgan fingerprint density at radius 1 is 1.26 bits per heavy atom. The summed E-state index contributed by atoms with van der Waals surface area (Å²) in [6, 6.07) is 11.4. The summed E-state index contributed by atoms with van der Waals surface area (Å²) in [6.45, 7) is 1.63. The van der Waals surface area contributed by atoms with Gasteiger partial charge in [-0.25, -0.2) is 4.39 Å². The molecule has 0 saturated heterocycles. The van der Waals surface area contributed by atoms with Crippen LogP contribution in [0.1, 0.15) is 11.1 Å². The van der Waals surface area contributed by atoms with Gasteiger partial charge in [-0.05, 0) is 18.1 Å². The second-order valence-corrected chi connectivity index (χ2v) is 4.10. The number of hydrogen-bond acceptors (Lipinski definition) is 3. The Hall–Kier alpha value is -2.43. The Labute approximate surface area is 109 Å². The second kappa shape index (κ2) is 5.48. The highest BCUT2D eigenvalue weighted by atomic mass is 19.1. The summed E-state index contributed by atoms with van der Waals surface area (Å²) >= 11 is 0. The smallest absolute Gasteiger partial charge is 0.311 e. The first-order chi connectivity index (χ1) is 9.08. The molecule has 0 radical (unpaired) electrons. The van der Waals surface area contributed by atoms with Crippen LogP contribution < -0.4 is 4.74 Å². The van der Waals surface area contributed by atoms with Crippen LogP contribution in [0.5, 0.6) is 5.75 Å². The van der Waals surface area contributed by atoms with Gasteiger partial charge in [0.25, 0.3) is 0 Å². The van der Waals surface area contributed by atoms with E-state index in [4.69, 9.17) is 4.74 Å². The van der Waals surface area contributed by atoms with E-state index in [2.05, 4.69) is 0 Å². The molecule has 0 saturated carbocycles. The maximum Gasteiger partial charge on any atom is 0.311 e. The van der Waals surface area contributed by atoms with E-state index in [1.165, 1.54) is 13.0 Å². The van der Waals surface area contributed by atoms with E-state index in [0.29, 0.717) is 0 Å². The zero-order chi connectivity index (χ0) is 13.8. The summed E-state index contributed by atoms with van der Waals surface area (Å²) in [5.41, 5.74) is 0.853. The number of rotatable bonds is 4. The van der Waals surface area contributed by atoms with E-state index in [-0.39, 0.29) is 23.6 Å². The zero-order valence-electron chi connectivity index (χ0n) is 10.3. The standard InChI is InChI=1S/C14H12FNO3/c1-10-7-13(16(17)18)14(8-12(10)15)19-9-11-5-3-2-4-6-11/h2-8H,9H2,1H3. The van der Waals surface area contributed by atoms with Gasteiger partial charge in [-0.2, -0.15) is 0 Å². The van der Waals surface area contributed by atoms with Gasteiger partial charge in [-0.15, -0.1) is 0 Å². The third-order valence-electron chi connectivity index (χ3n) is 2.67. The van der Waals surface area contributed by atoms with Gasteiger partial charge >= 0.3 is 5.69 Å². The van der Waals surface area contributed by atoms with Gasteiger partial charge in [0.15, 0.2) is 5.75 Å². The highest BCUT2D eigenvalue weighted by Crippen LogP contribution is 2.30. The number of benzene rings is 2. The van der Waals surface area contributed by atoms with E-state index < -0.39 is 10.7 Å². The molecule has 2 rings (SSSR count). The van der Waals surface area contributed by atoms with E-state index in [0.717, 1.165) is 11.6 Å². The van der Waals surface area contributed by atoms with Crippen LogP contribution in [-0.4, -0.2) is 4.92 Å². The van der Waals surface area contributed by atoms with E-state index in [1.54, 1.807) is 0 Å².